The van der Waals surface area contributed by atoms with Gasteiger partial charge < -0.3 is 15.7 Å². The molecule has 0 aromatic rings. The Morgan fingerprint density at radius 3 is 2.55 bits per heavy atom. The van der Waals surface area contributed by atoms with Crippen LogP contribution in [0.15, 0.2) is 0 Å². The lowest BCUT2D eigenvalue weighted by atomic mass is 10.0. The summed E-state index contributed by atoms with van der Waals surface area (Å²) in [5, 5.41) is 9.10. The van der Waals surface area contributed by atoms with Gasteiger partial charge >= 0.3 is 0 Å². The smallest absolute Gasteiger partial charge is 0.0675 e. The van der Waals surface area contributed by atoms with Gasteiger partial charge in [-0.05, 0) is 12.8 Å². The second-order valence-corrected chi connectivity index (χ2v) is 3.73. The summed E-state index contributed by atoms with van der Waals surface area (Å²) in [6.45, 7) is 7.08. The van der Waals surface area contributed by atoms with Crippen LogP contribution in [-0.2, 0) is 0 Å². The number of nitrogens with two attached hydrogens (primary N) is 1. The van der Waals surface area contributed by atoms with E-state index in [9.17, 15) is 0 Å². The molecule has 1 heterocycles. The minimum absolute atomic E-state index is 0.0810. The summed E-state index contributed by atoms with van der Waals surface area (Å²) in [7, 11) is 0. The standard InChI is InChI=1S/C8H18N2O/c1-6-3-10(4-6)5-8(9)7(2)11/h6-8,11H,3-5,9H2,1-2H3. The number of hydrogen-bond acceptors (Lipinski definition) is 3. The van der Waals surface area contributed by atoms with Crippen molar-refractivity contribution in [2.45, 2.75) is 26.0 Å². The molecule has 2 unspecified atom stereocenters. The Bertz CT molecular complexity index is 121. The Hall–Kier alpha value is -0.120. The summed E-state index contributed by atoms with van der Waals surface area (Å²) in [5.41, 5.74) is 5.68. The van der Waals surface area contributed by atoms with Gasteiger partial charge in [-0.15, -0.1) is 0 Å². The molecule has 3 N–H and O–H groups in total. The molecule has 1 saturated heterocycles. The molecule has 0 aromatic carbocycles. The summed E-state index contributed by atoms with van der Waals surface area (Å²) in [5.74, 6) is 0.816. The zero-order valence-corrected chi connectivity index (χ0v) is 7.33. The Balaban J connectivity index is 2.11. The quantitative estimate of drug-likeness (QED) is 0.590. The average molecular weight is 158 g/mol. The first kappa shape index (κ1) is 8.97. The predicted molar refractivity (Wildman–Crippen MR) is 45.3 cm³/mol. The zero-order chi connectivity index (χ0) is 8.43. The highest BCUT2D eigenvalue weighted by Crippen LogP contribution is 2.13. The normalized spacial score (nSPS) is 26.2. The molecule has 1 rings (SSSR count). The van der Waals surface area contributed by atoms with Gasteiger partial charge in [-0.3, -0.25) is 0 Å². The number of aliphatic hydroxyl groups is 1. The van der Waals surface area contributed by atoms with E-state index in [0.29, 0.717) is 0 Å². The van der Waals surface area contributed by atoms with E-state index in [4.69, 9.17) is 10.8 Å². The van der Waals surface area contributed by atoms with Gasteiger partial charge in [-0.25, -0.2) is 0 Å². The lowest BCUT2D eigenvalue weighted by Gasteiger charge is -2.39. The number of hydrogen-bond donors (Lipinski definition) is 2. The molecule has 0 saturated carbocycles. The maximum Gasteiger partial charge on any atom is 0.0675 e. The number of aliphatic hydroxyl groups excluding tert-OH is 1. The van der Waals surface area contributed by atoms with Crippen LogP contribution in [0.1, 0.15) is 13.8 Å². The van der Waals surface area contributed by atoms with Crippen LogP contribution >= 0.6 is 0 Å². The molecule has 3 nitrogen and oxygen atoms in total. The van der Waals surface area contributed by atoms with Crippen molar-refractivity contribution in [2.75, 3.05) is 19.6 Å². The van der Waals surface area contributed by atoms with Gasteiger partial charge in [0, 0.05) is 25.7 Å². The molecule has 0 aromatic heterocycles. The van der Waals surface area contributed by atoms with Gasteiger partial charge in [-0.2, -0.15) is 0 Å². The minimum atomic E-state index is -0.383. The Morgan fingerprint density at radius 1 is 1.64 bits per heavy atom. The third-order valence-corrected chi connectivity index (χ3v) is 2.23. The SMILES string of the molecule is CC1CN(CC(N)C(C)O)C1. The molecule has 1 fully saturated rings. The Kier molecular flexibility index (Phi) is 2.87. The average Bonchev–Trinajstić information content (AvgIpc) is 1.84. The molecule has 0 amide bonds. The van der Waals surface area contributed by atoms with Crippen molar-refractivity contribution >= 4 is 0 Å². The summed E-state index contributed by atoms with van der Waals surface area (Å²) < 4.78 is 0. The zero-order valence-electron chi connectivity index (χ0n) is 7.33. The largest absolute Gasteiger partial charge is 0.392 e. The number of rotatable bonds is 3. The third kappa shape index (κ3) is 2.43. The highest BCUT2D eigenvalue weighted by Gasteiger charge is 2.24. The molecule has 11 heavy (non-hydrogen) atoms. The van der Waals surface area contributed by atoms with E-state index in [0.717, 1.165) is 25.6 Å². The van der Waals surface area contributed by atoms with E-state index in [1.165, 1.54) is 0 Å². The van der Waals surface area contributed by atoms with Crippen LogP contribution < -0.4 is 5.73 Å². The van der Waals surface area contributed by atoms with Crippen LogP contribution in [0.3, 0.4) is 0 Å². The topological polar surface area (TPSA) is 49.5 Å². The summed E-state index contributed by atoms with van der Waals surface area (Å²) in [6, 6.07) is -0.0810. The second-order valence-electron chi connectivity index (χ2n) is 3.73. The first-order valence-electron chi connectivity index (χ1n) is 4.25. The molecule has 0 aliphatic carbocycles. The maximum atomic E-state index is 9.10. The first-order chi connectivity index (χ1) is 5.09. The van der Waals surface area contributed by atoms with E-state index >= 15 is 0 Å². The summed E-state index contributed by atoms with van der Waals surface area (Å²) >= 11 is 0. The van der Waals surface area contributed by atoms with Crippen LogP contribution in [0.2, 0.25) is 0 Å². The van der Waals surface area contributed by atoms with Crippen LogP contribution in [0.4, 0.5) is 0 Å². The van der Waals surface area contributed by atoms with Gasteiger partial charge in [-0.1, -0.05) is 6.92 Å². The summed E-state index contributed by atoms with van der Waals surface area (Å²) in [4.78, 5) is 2.28. The molecule has 0 bridgehead atoms. The number of nitrogens with zero attached hydrogens (tertiary/aromatic N) is 1. The lowest BCUT2D eigenvalue weighted by molar-refractivity contribution is 0.0725. The van der Waals surface area contributed by atoms with Gasteiger partial charge in [0.05, 0.1) is 6.10 Å². The van der Waals surface area contributed by atoms with E-state index in [1.807, 2.05) is 0 Å². The van der Waals surface area contributed by atoms with Gasteiger partial charge in [0.2, 0.25) is 0 Å². The van der Waals surface area contributed by atoms with Crippen LogP contribution in [0, 0.1) is 5.92 Å². The second kappa shape index (κ2) is 3.52. The van der Waals surface area contributed by atoms with Crippen LogP contribution in [-0.4, -0.2) is 41.8 Å². The lowest BCUT2D eigenvalue weighted by Crippen LogP contribution is -2.52. The van der Waals surface area contributed by atoms with Crippen molar-refractivity contribution in [1.29, 1.82) is 0 Å². The van der Waals surface area contributed by atoms with Crippen molar-refractivity contribution in [1.82, 2.24) is 4.90 Å². The minimum Gasteiger partial charge on any atom is -0.392 e. The molecule has 0 spiro atoms. The van der Waals surface area contributed by atoms with Gasteiger partial charge in [0.15, 0.2) is 0 Å². The molecule has 66 valence electrons. The highest BCUT2D eigenvalue weighted by molar-refractivity contribution is 4.81. The molecule has 3 heteroatoms. The van der Waals surface area contributed by atoms with Gasteiger partial charge in [0.25, 0.3) is 0 Å². The molecular formula is C8H18N2O. The van der Waals surface area contributed by atoms with Crippen molar-refractivity contribution in [2.24, 2.45) is 11.7 Å². The Labute approximate surface area is 68.2 Å². The Morgan fingerprint density at radius 2 is 2.18 bits per heavy atom. The van der Waals surface area contributed by atoms with E-state index < -0.39 is 0 Å². The predicted octanol–water partition coefficient (Wildman–Crippen LogP) is -0.354. The van der Waals surface area contributed by atoms with Gasteiger partial charge in [0.1, 0.15) is 0 Å². The first-order valence-corrected chi connectivity index (χ1v) is 4.25. The van der Waals surface area contributed by atoms with Crippen LogP contribution in [0.5, 0.6) is 0 Å². The molecule has 1 aliphatic rings. The van der Waals surface area contributed by atoms with Crippen molar-refractivity contribution in [3.05, 3.63) is 0 Å². The molecule has 0 radical (unpaired) electrons. The van der Waals surface area contributed by atoms with Crippen molar-refractivity contribution in [3.8, 4) is 0 Å². The van der Waals surface area contributed by atoms with E-state index in [1.54, 1.807) is 6.92 Å². The monoisotopic (exact) mass is 158 g/mol. The van der Waals surface area contributed by atoms with Crippen LogP contribution in [0.25, 0.3) is 0 Å². The molecular weight excluding hydrogens is 140 g/mol. The van der Waals surface area contributed by atoms with E-state index in [-0.39, 0.29) is 12.1 Å². The van der Waals surface area contributed by atoms with Crippen molar-refractivity contribution in [3.63, 3.8) is 0 Å². The number of likely N-dealkylation sites (tertiary alicyclic amines) is 1. The molecule has 2 atom stereocenters. The maximum absolute atomic E-state index is 9.10. The fourth-order valence-corrected chi connectivity index (χ4v) is 1.43. The highest BCUT2D eigenvalue weighted by atomic mass is 16.3. The summed E-state index contributed by atoms with van der Waals surface area (Å²) in [6.07, 6.45) is -0.383. The van der Waals surface area contributed by atoms with E-state index in [2.05, 4.69) is 11.8 Å². The molecule has 1 aliphatic heterocycles. The van der Waals surface area contributed by atoms with Crippen molar-refractivity contribution < 1.29 is 5.11 Å². The third-order valence-electron chi connectivity index (χ3n) is 2.23. The fraction of sp³-hybridized carbons (Fsp3) is 1.00. The fourth-order valence-electron chi connectivity index (χ4n) is 1.43.